The standard InChI is InChI=1S/C22H16FIN4O3S/c1-30-15-6-3-11(8-16(15)31-2)19-18-17-20(25-10-26-21(17)32-19)28(22(29)27-18)13-4-5-14(23)12(7-13)9-24/h3-8,10H,9H2,1-2H3,(H,27,29). The second-order valence-electron chi connectivity index (χ2n) is 6.93. The molecule has 0 saturated carbocycles. The summed E-state index contributed by atoms with van der Waals surface area (Å²) in [6.45, 7) is 0. The zero-order valence-electron chi connectivity index (χ0n) is 17.0. The quantitative estimate of drug-likeness (QED) is 0.234. The van der Waals surface area contributed by atoms with Gasteiger partial charge in [0, 0.05) is 4.43 Å². The Hall–Kier alpha value is -2.99. The van der Waals surface area contributed by atoms with Crippen LogP contribution in [-0.2, 0) is 4.43 Å². The maximum atomic E-state index is 14.0. The van der Waals surface area contributed by atoms with Gasteiger partial charge in [-0.05, 0) is 47.5 Å². The van der Waals surface area contributed by atoms with E-state index in [4.69, 9.17) is 9.47 Å². The van der Waals surface area contributed by atoms with Crippen LogP contribution >= 0.6 is 33.9 Å². The molecule has 0 aliphatic carbocycles. The molecular formula is C22H16FIN4O3S. The van der Waals surface area contributed by atoms with Crippen molar-refractivity contribution in [3.05, 3.63) is 54.1 Å². The van der Waals surface area contributed by atoms with Gasteiger partial charge < -0.3 is 14.8 Å². The molecule has 1 aliphatic heterocycles. The molecule has 0 unspecified atom stereocenters. The molecule has 0 bridgehead atoms. The summed E-state index contributed by atoms with van der Waals surface area (Å²) in [7, 11) is 3.16. The van der Waals surface area contributed by atoms with Crippen molar-refractivity contribution < 1.29 is 18.7 Å². The Labute approximate surface area is 200 Å². The van der Waals surface area contributed by atoms with Crippen molar-refractivity contribution in [3.8, 4) is 21.9 Å². The normalized spacial score (nSPS) is 12.8. The predicted molar refractivity (Wildman–Crippen MR) is 131 cm³/mol. The molecule has 1 N–H and O–H groups in total. The highest BCUT2D eigenvalue weighted by molar-refractivity contribution is 14.1. The van der Waals surface area contributed by atoms with E-state index in [0.717, 1.165) is 20.7 Å². The molecule has 0 fully saturated rings. The summed E-state index contributed by atoms with van der Waals surface area (Å²) in [6, 6.07) is 9.82. The van der Waals surface area contributed by atoms with E-state index in [1.54, 1.807) is 26.4 Å². The summed E-state index contributed by atoms with van der Waals surface area (Å²) in [5.74, 6) is 1.36. The summed E-state index contributed by atoms with van der Waals surface area (Å²) in [6.07, 6.45) is 1.44. The highest BCUT2D eigenvalue weighted by Gasteiger charge is 2.32. The number of hydrogen-bond donors (Lipinski definition) is 1. The molecule has 1 aliphatic rings. The minimum Gasteiger partial charge on any atom is -0.493 e. The highest BCUT2D eigenvalue weighted by Crippen LogP contribution is 2.49. The average Bonchev–Trinajstić information content (AvgIpc) is 3.19. The van der Waals surface area contributed by atoms with Crippen LogP contribution in [0.3, 0.4) is 0 Å². The highest BCUT2D eigenvalue weighted by atomic mass is 127. The lowest BCUT2D eigenvalue weighted by molar-refractivity contribution is 0.258. The van der Waals surface area contributed by atoms with E-state index in [9.17, 15) is 9.18 Å². The SMILES string of the molecule is COc1ccc(-c2sc3ncnc4c3c2NC(=O)N4c2ccc(F)c(CI)c2)cc1OC. The number of anilines is 3. The minimum atomic E-state index is -0.372. The van der Waals surface area contributed by atoms with Crippen molar-refractivity contribution in [2.45, 2.75) is 4.43 Å². The van der Waals surface area contributed by atoms with E-state index in [1.165, 1.54) is 28.6 Å². The number of amides is 2. The molecule has 2 aromatic carbocycles. The lowest BCUT2D eigenvalue weighted by atomic mass is 10.1. The van der Waals surface area contributed by atoms with Gasteiger partial charge in [0.15, 0.2) is 17.3 Å². The fraction of sp³-hybridized carbons (Fsp3) is 0.136. The van der Waals surface area contributed by atoms with E-state index >= 15 is 0 Å². The van der Waals surface area contributed by atoms with Crippen LogP contribution in [-0.4, -0.2) is 30.2 Å². The third-order valence-corrected chi connectivity index (χ3v) is 7.16. The molecule has 5 rings (SSSR count). The summed E-state index contributed by atoms with van der Waals surface area (Å²) < 4.78 is 25.3. The summed E-state index contributed by atoms with van der Waals surface area (Å²) in [4.78, 5) is 25.1. The van der Waals surface area contributed by atoms with E-state index < -0.39 is 0 Å². The number of alkyl halides is 1. The number of methoxy groups -OCH3 is 2. The number of rotatable bonds is 5. The number of halogens is 2. The topological polar surface area (TPSA) is 76.6 Å². The van der Waals surface area contributed by atoms with Crippen LogP contribution in [0.25, 0.3) is 20.7 Å². The molecule has 10 heteroatoms. The third kappa shape index (κ3) is 3.25. The van der Waals surface area contributed by atoms with Gasteiger partial charge >= 0.3 is 6.03 Å². The van der Waals surface area contributed by atoms with E-state index in [1.807, 2.05) is 18.2 Å². The number of hydrogen-bond acceptors (Lipinski definition) is 6. The van der Waals surface area contributed by atoms with E-state index in [0.29, 0.717) is 38.7 Å². The second-order valence-corrected chi connectivity index (χ2v) is 8.69. The molecule has 0 spiro atoms. The number of aromatic nitrogens is 2. The van der Waals surface area contributed by atoms with Gasteiger partial charge in [0.05, 0.1) is 35.9 Å². The maximum absolute atomic E-state index is 14.0. The minimum absolute atomic E-state index is 0.305. The van der Waals surface area contributed by atoms with Crippen molar-refractivity contribution in [1.82, 2.24) is 9.97 Å². The molecule has 0 radical (unpaired) electrons. The Balaban J connectivity index is 1.69. The lowest BCUT2D eigenvalue weighted by Gasteiger charge is -2.27. The first-order chi connectivity index (χ1) is 15.5. The Bertz CT molecular complexity index is 1380. The zero-order chi connectivity index (χ0) is 22.4. The van der Waals surface area contributed by atoms with Crippen LogP contribution < -0.4 is 19.7 Å². The first-order valence-corrected chi connectivity index (χ1v) is 11.8. The molecule has 162 valence electrons. The van der Waals surface area contributed by atoms with Crippen molar-refractivity contribution in [2.24, 2.45) is 0 Å². The second kappa shape index (κ2) is 8.17. The number of urea groups is 1. The number of thiophene rings is 1. The van der Waals surface area contributed by atoms with Crippen LogP contribution in [0.5, 0.6) is 11.5 Å². The van der Waals surface area contributed by atoms with Gasteiger partial charge in [-0.2, -0.15) is 0 Å². The Kier molecular flexibility index (Phi) is 5.33. The van der Waals surface area contributed by atoms with Crippen LogP contribution in [0.1, 0.15) is 5.56 Å². The number of ether oxygens (including phenoxy) is 2. The van der Waals surface area contributed by atoms with Gasteiger partial charge in [0.1, 0.15) is 17.0 Å². The van der Waals surface area contributed by atoms with Crippen LogP contribution in [0, 0.1) is 5.82 Å². The average molecular weight is 562 g/mol. The van der Waals surface area contributed by atoms with Gasteiger partial charge in [-0.15, -0.1) is 11.3 Å². The first-order valence-electron chi connectivity index (χ1n) is 9.51. The number of nitrogens with one attached hydrogen (secondary N) is 1. The van der Waals surface area contributed by atoms with Crippen molar-refractivity contribution >= 4 is 67.4 Å². The largest absolute Gasteiger partial charge is 0.493 e. The molecule has 32 heavy (non-hydrogen) atoms. The van der Waals surface area contributed by atoms with Crippen LogP contribution in [0.2, 0.25) is 0 Å². The third-order valence-electron chi connectivity index (χ3n) is 5.19. The summed E-state index contributed by atoms with van der Waals surface area (Å²) >= 11 is 3.54. The number of benzene rings is 2. The van der Waals surface area contributed by atoms with Crippen molar-refractivity contribution in [2.75, 3.05) is 24.4 Å². The monoisotopic (exact) mass is 562 g/mol. The number of nitrogens with zero attached hydrogens (tertiary/aromatic N) is 3. The summed E-state index contributed by atoms with van der Waals surface area (Å²) in [5, 5.41) is 3.73. The molecule has 4 aromatic rings. The predicted octanol–water partition coefficient (Wildman–Crippen LogP) is 6.13. The Morgan fingerprint density at radius 3 is 2.69 bits per heavy atom. The first kappa shape index (κ1) is 20.9. The van der Waals surface area contributed by atoms with Gasteiger partial charge in [-0.25, -0.2) is 24.1 Å². The molecular weight excluding hydrogens is 546 g/mol. The van der Waals surface area contributed by atoms with E-state index in [-0.39, 0.29) is 11.8 Å². The number of carbonyl (C=O) groups is 1. The maximum Gasteiger partial charge on any atom is 0.332 e. The fourth-order valence-corrected chi connectivity index (χ4v) is 5.36. The van der Waals surface area contributed by atoms with Crippen molar-refractivity contribution in [1.29, 1.82) is 0 Å². The Morgan fingerprint density at radius 1 is 1.12 bits per heavy atom. The van der Waals surface area contributed by atoms with E-state index in [2.05, 4.69) is 37.9 Å². The molecule has 2 amide bonds. The molecule has 3 heterocycles. The molecule has 0 atom stereocenters. The zero-order valence-corrected chi connectivity index (χ0v) is 20.0. The summed E-state index contributed by atoms with van der Waals surface area (Å²) in [5.41, 5.74) is 2.56. The Morgan fingerprint density at radius 2 is 1.94 bits per heavy atom. The lowest BCUT2D eigenvalue weighted by Crippen LogP contribution is -2.34. The van der Waals surface area contributed by atoms with Gasteiger partial charge in [-0.1, -0.05) is 22.6 Å². The molecule has 2 aromatic heterocycles. The number of carbonyl (C=O) groups excluding carboxylic acids is 1. The van der Waals surface area contributed by atoms with Gasteiger partial charge in [-0.3, -0.25) is 0 Å². The fourth-order valence-electron chi connectivity index (χ4n) is 3.69. The molecule has 0 saturated heterocycles. The van der Waals surface area contributed by atoms with Crippen LogP contribution in [0.4, 0.5) is 26.4 Å². The van der Waals surface area contributed by atoms with Crippen LogP contribution in [0.15, 0.2) is 42.7 Å². The van der Waals surface area contributed by atoms with Gasteiger partial charge in [0.2, 0.25) is 0 Å². The smallest absolute Gasteiger partial charge is 0.332 e. The van der Waals surface area contributed by atoms with Crippen molar-refractivity contribution in [3.63, 3.8) is 0 Å². The van der Waals surface area contributed by atoms with Gasteiger partial charge in [0.25, 0.3) is 0 Å². The molecule has 7 nitrogen and oxygen atoms in total.